The summed E-state index contributed by atoms with van der Waals surface area (Å²) in [4.78, 5) is 28.9. The van der Waals surface area contributed by atoms with Crippen molar-refractivity contribution in [3.05, 3.63) is 53.9 Å². The molecule has 2 saturated heterocycles. The average molecular weight is 368 g/mol. The number of amides is 2. The van der Waals surface area contributed by atoms with Crippen molar-refractivity contribution in [3.8, 4) is 0 Å². The second kappa shape index (κ2) is 7.92. The van der Waals surface area contributed by atoms with Gasteiger partial charge in [-0.2, -0.15) is 5.10 Å². The van der Waals surface area contributed by atoms with E-state index in [0.29, 0.717) is 44.9 Å². The fourth-order valence-electron chi connectivity index (χ4n) is 3.67. The average Bonchev–Trinajstić information content (AvgIpc) is 3.41. The number of hydrogen-bond donors (Lipinski definition) is 0. The molecule has 1 aromatic carbocycles. The van der Waals surface area contributed by atoms with E-state index in [9.17, 15) is 9.59 Å². The van der Waals surface area contributed by atoms with Crippen molar-refractivity contribution >= 4 is 11.8 Å². The van der Waals surface area contributed by atoms with Gasteiger partial charge < -0.3 is 14.5 Å². The molecule has 142 valence electrons. The summed E-state index contributed by atoms with van der Waals surface area (Å²) in [6.07, 6.45) is 5.11. The highest BCUT2D eigenvalue weighted by Crippen LogP contribution is 2.17. The van der Waals surface area contributed by atoms with Gasteiger partial charge in [-0.25, -0.2) is 0 Å². The Labute approximate surface area is 158 Å². The molecule has 7 heteroatoms. The van der Waals surface area contributed by atoms with Gasteiger partial charge in [0, 0.05) is 50.7 Å². The predicted molar refractivity (Wildman–Crippen MR) is 99.2 cm³/mol. The van der Waals surface area contributed by atoms with E-state index in [1.165, 1.54) is 0 Å². The van der Waals surface area contributed by atoms with Crippen LogP contribution in [-0.2, 0) is 16.1 Å². The monoisotopic (exact) mass is 368 g/mol. The Morgan fingerprint density at radius 1 is 1.11 bits per heavy atom. The summed E-state index contributed by atoms with van der Waals surface area (Å²) in [6.45, 7) is 3.55. The molecule has 0 unspecified atom stereocenters. The number of aromatic nitrogens is 2. The van der Waals surface area contributed by atoms with E-state index in [1.54, 1.807) is 6.20 Å². The summed E-state index contributed by atoms with van der Waals surface area (Å²) in [7, 11) is 0. The Balaban J connectivity index is 1.35. The molecule has 0 saturated carbocycles. The van der Waals surface area contributed by atoms with Crippen LogP contribution in [0.1, 0.15) is 28.8 Å². The van der Waals surface area contributed by atoms with Crippen LogP contribution in [0.25, 0.3) is 0 Å². The summed E-state index contributed by atoms with van der Waals surface area (Å²) in [5.41, 5.74) is 1.72. The lowest BCUT2D eigenvalue weighted by Gasteiger charge is -2.35. The normalized spacial score (nSPS) is 20.1. The van der Waals surface area contributed by atoms with Gasteiger partial charge in [0.1, 0.15) is 6.10 Å². The van der Waals surface area contributed by atoms with Crippen LogP contribution in [0, 0.1) is 0 Å². The summed E-state index contributed by atoms with van der Waals surface area (Å²) in [6, 6.07) is 9.55. The third-order valence-corrected chi connectivity index (χ3v) is 5.16. The molecule has 0 radical (unpaired) electrons. The zero-order valence-electron chi connectivity index (χ0n) is 15.3. The number of ether oxygens (including phenoxy) is 1. The predicted octanol–water partition coefficient (Wildman–Crippen LogP) is 1.39. The van der Waals surface area contributed by atoms with Crippen molar-refractivity contribution in [2.45, 2.75) is 25.5 Å². The summed E-state index contributed by atoms with van der Waals surface area (Å²) in [5.74, 6) is 0.0855. The number of nitrogens with zero attached hydrogens (tertiary/aromatic N) is 4. The zero-order chi connectivity index (χ0) is 18.6. The smallest absolute Gasteiger partial charge is 0.253 e. The van der Waals surface area contributed by atoms with Crippen molar-refractivity contribution in [3.63, 3.8) is 0 Å². The van der Waals surface area contributed by atoms with Crippen molar-refractivity contribution < 1.29 is 14.3 Å². The highest BCUT2D eigenvalue weighted by atomic mass is 16.5. The van der Waals surface area contributed by atoms with Crippen LogP contribution in [0.15, 0.2) is 42.7 Å². The van der Waals surface area contributed by atoms with Crippen LogP contribution in [-0.4, -0.2) is 70.3 Å². The molecule has 2 aliphatic rings. The summed E-state index contributed by atoms with van der Waals surface area (Å²) >= 11 is 0. The molecule has 0 bridgehead atoms. The highest BCUT2D eigenvalue weighted by Gasteiger charge is 2.31. The Morgan fingerprint density at radius 3 is 2.63 bits per heavy atom. The number of carbonyl (C=O) groups is 2. The van der Waals surface area contributed by atoms with Crippen LogP contribution >= 0.6 is 0 Å². The largest absolute Gasteiger partial charge is 0.368 e. The number of carbonyl (C=O) groups excluding carboxylic acids is 2. The zero-order valence-corrected chi connectivity index (χ0v) is 15.3. The van der Waals surface area contributed by atoms with Gasteiger partial charge in [0.2, 0.25) is 0 Å². The first-order valence-corrected chi connectivity index (χ1v) is 9.47. The van der Waals surface area contributed by atoms with E-state index in [1.807, 2.05) is 51.0 Å². The Morgan fingerprint density at radius 2 is 1.93 bits per heavy atom. The molecule has 2 aromatic rings. The maximum atomic E-state index is 12.9. The highest BCUT2D eigenvalue weighted by molar-refractivity contribution is 5.94. The third-order valence-electron chi connectivity index (χ3n) is 5.16. The minimum atomic E-state index is -0.286. The Kier molecular flexibility index (Phi) is 5.20. The maximum Gasteiger partial charge on any atom is 0.253 e. The fraction of sp³-hybridized carbons (Fsp3) is 0.450. The molecule has 0 N–H and O–H groups in total. The second-order valence-electron chi connectivity index (χ2n) is 7.02. The quantitative estimate of drug-likeness (QED) is 0.818. The van der Waals surface area contributed by atoms with Crippen molar-refractivity contribution in [2.75, 3.05) is 32.8 Å². The van der Waals surface area contributed by atoms with Gasteiger partial charge in [0.25, 0.3) is 11.8 Å². The van der Waals surface area contributed by atoms with E-state index in [-0.39, 0.29) is 17.9 Å². The Bertz CT molecular complexity index is 791. The van der Waals surface area contributed by atoms with E-state index in [2.05, 4.69) is 5.10 Å². The first kappa shape index (κ1) is 17.7. The van der Waals surface area contributed by atoms with Crippen molar-refractivity contribution in [1.82, 2.24) is 19.6 Å². The minimum Gasteiger partial charge on any atom is -0.368 e. The second-order valence-corrected chi connectivity index (χ2v) is 7.02. The lowest BCUT2D eigenvalue weighted by Crippen LogP contribution is -2.52. The molecule has 4 rings (SSSR count). The summed E-state index contributed by atoms with van der Waals surface area (Å²) in [5, 5.41) is 4.21. The minimum absolute atomic E-state index is 0.0153. The van der Waals surface area contributed by atoms with Crippen molar-refractivity contribution in [1.29, 1.82) is 0 Å². The van der Waals surface area contributed by atoms with E-state index in [4.69, 9.17) is 4.74 Å². The van der Waals surface area contributed by atoms with Gasteiger partial charge in [-0.1, -0.05) is 12.1 Å². The van der Waals surface area contributed by atoms with Gasteiger partial charge in [0.05, 0.1) is 6.54 Å². The molecule has 3 heterocycles. The molecular formula is C20H24N4O3. The van der Waals surface area contributed by atoms with Crippen molar-refractivity contribution in [2.24, 2.45) is 0 Å². The summed E-state index contributed by atoms with van der Waals surface area (Å²) < 4.78 is 7.32. The number of rotatable bonds is 4. The van der Waals surface area contributed by atoms with Gasteiger partial charge >= 0.3 is 0 Å². The third kappa shape index (κ3) is 4.03. The van der Waals surface area contributed by atoms with Gasteiger partial charge in [0.15, 0.2) is 0 Å². The molecule has 0 aliphatic carbocycles. The van der Waals surface area contributed by atoms with Gasteiger partial charge in [-0.3, -0.25) is 14.3 Å². The van der Waals surface area contributed by atoms with E-state index >= 15 is 0 Å². The molecule has 2 fully saturated rings. The van der Waals surface area contributed by atoms with Gasteiger partial charge in [-0.15, -0.1) is 0 Å². The fourth-order valence-corrected chi connectivity index (χ4v) is 3.67. The maximum absolute atomic E-state index is 12.9. The molecule has 7 nitrogen and oxygen atoms in total. The van der Waals surface area contributed by atoms with Crippen LogP contribution in [0.2, 0.25) is 0 Å². The van der Waals surface area contributed by atoms with Gasteiger partial charge in [-0.05, 0) is 36.6 Å². The Hall–Kier alpha value is -2.67. The standard InChI is InChI=1S/C20H24N4O3/c25-19(17-5-1-4-16(14-17)15-24-8-3-7-21-24)22-9-11-23(12-10-22)20(26)18-6-2-13-27-18/h1,3-5,7-8,14,18H,2,6,9-13,15H2/t18-/m0/s1. The molecule has 1 aromatic heterocycles. The van der Waals surface area contributed by atoms with Crippen LogP contribution in [0.4, 0.5) is 0 Å². The molecule has 27 heavy (non-hydrogen) atoms. The number of hydrogen-bond acceptors (Lipinski definition) is 4. The first-order valence-electron chi connectivity index (χ1n) is 9.47. The number of benzene rings is 1. The SMILES string of the molecule is O=C(c1cccc(Cn2cccn2)c1)N1CCN(C(=O)[C@@H]2CCCO2)CC1. The van der Waals surface area contributed by atoms with Crippen LogP contribution in [0.5, 0.6) is 0 Å². The molecule has 0 spiro atoms. The number of piperazine rings is 1. The van der Waals surface area contributed by atoms with E-state index < -0.39 is 0 Å². The molecule has 2 aliphatic heterocycles. The topological polar surface area (TPSA) is 67.7 Å². The first-order chi connectivity index (χ1) is 13.2. The molecule has 1 atom stereocenters. The molecule has 2 amide bonds. The lowest BCUT2D eigenvalue weighted by atomic mass is 10.1. The van der Waals surface area contributed by atoms with E-state index in [0.717, 1.165) is 18.4 Å². The molecular weight excluding hydrogens is 344 g/mol. The van der Waals surface area contributed by atoms with Crippen LogP contribution in [0.3, 0.4) is 0 Å². The van der Waals surface area contributed by atoms with Crippen LogP contribution < -0.4 is 0 Å². The lowest BCUT2D eigenvalue weighted by molar-refractivity contribution is -0.142.